The van der Waals surface area contributed by atoms with Crippen molar-refractivity contribution in [3.63, 3.8) is 0 Å². The summed E-state index contributed by atoms with van der Waals surface area (Å²) in [5.74, 6) is -0.0274. The highest BCUT2D eigenvalue weighted by Crippen LogP contribution is 2.28. The van der Waals surface area contributed by atoms with Gasteiger partial charge in [0.25, 0.3) is 0 Å². The summed E-state index contributed by atoms with van der Waals surface area (Å²) >= 11 is 0. The van der Waals surface area contributed by atoms with Gasteiger partial charge in [-0.1, -0.05) is 0 Å². The van der Waals surface area contributed by atoms with Crippen LogP contribution in [-0.2, 0) is 4.74 Å². The van der Waals surface area contributed by atoms with Gasteiger partial charge in [-0.3, -0.25) is 0 Å². The number of hydrogen-bond donors (Lipinski definition) is 2. The van der Waals surface area contributed by atoms with E-state index >= 15 is 0 Å². The Bertz CT molecular complexity index is 505. The second-order valence-corrected chi connectivity index (χ2v) is 5.68. The molecule has 0 unspecified atom stereocenters. The molecule has 20 heavy (non-hydrogen) atoms. The molecular formula is C15H20NO4+. The second kappa shape index (κ2) is 5.32. The van der Waals surface area contributed by atoms with E-state index in [4.69, 9.17) is 9.47 Å². The standard InChI is InChI=1S/C15H19NO4/c1-19-14-6-9(2-5-13(14)17)15(18)20-12-7-10-3-4-11(8-12)16-10/h2,5-6,10-12,16-17H,3-4,7-8H2,1H3/p+1/t10-,11-/m1/s1. The van der Waals surface area contributed by atoms with Crippen molar-refractivity contribution in [3.8, 4) is 11.5 Å². The molecule has 0 amide bonds. The highest BCUT2D eigenvalue weighted by Gasteiger charge is 2.39. The fourth-order valence-electron chi connectivity index (χ4n) is 3.29. The fourth-order valence-corrected chi connectivity index (χ4v) is 3.29. The number of quaternary nitrogens is 1. The van der Waals surface area contributed by atoms with Gasteiger partial charge in [-0.15, -0.1) is 0 Å². The normalized spacial score (nSPS) is 28.1. The van der Waals surface area contributed by atoms with Crippen LogP contribution in [0.25, 0.3) is 0 Å². The fraction of sp³-hybridized carbons (Fsp3) is 0.533. The van der Waals surface area contributed by atoms with Gasteiger partial charge >= 0.3 is 5.97 Å². The van der Waals surface area contributed by atoms with E-state index in [-0.39, 0.29) is 23.6 Å². The number of piperidine rings is 1. The third-order valence-corrected chi connectivity index (χ3v) is 4.27. The minimum atomic E-state index is -0.338. The lowest BCUT2D eigenvalue weighted by molar-refractivity contribution is -0.712. The van der Waals surface area contributed by atoms with Crippen molar-refractivity contribution in [3.05, 3.63) is 23.8 Å². The van der Waals surface area contributed by atoms with Crippen LogP contribution in [0.2, 0.25) is 0 Å². The number of carbonyl (C=O) groups is 1. The lowest BCUT2D eigenvalue weighted by Gasteiger charge is -2.26. The van der Waals surface area contributed by atoms with Crippen molar-refractivity contribution in [2.45, 2.75) is 43.9 Å². The SMILES string of the molecule is COc1cc(C(=O)OC2C[C@H]3CC[C@H](C2)[NH2+]3)ccc1O. The number of phenols is 1. The first-order valence-corrected chi connectivity index (χ1v) is 7.08. The Morgan fingerprint density at radius 2 is 2.00 bits per heavy atom. The molecule has 0 radical (unpaired) electrons. The Morgan fingerprint density at radius 3 is 2.65 bits per heavy atom. The van der Waals surface area contributed by atoms with Gasteiger partial charge < -0.3 is 19.9 Å². The minimum Gasteiger partial charge on any atom is -0.504 e. The van der Waals surface area contributed by atoms with Gasteiger partial charge in [0.15, 0.2) is 11.5 Å². The number of phenolic OH excluding ortho intramolecular Hbond substituents is 1. The molecule has 2 bridgehead atoms. The zero-order chi connectivity index (χ0) is 14.1. The molecule has 0 aromatic heterocycles. The van der Waals surface area contributed by atoms with Gasteiger partial charge in [0.2, 0.25) is 0 Å². The van der Waals surface area contributed by atoms with Crippen molar-refractivity contribution in [1.29, 1.82) is 0 Å². The number of methoxy groups -OCH3 is 1. The Kier molecular flexibility index (Phi) is 3.53. The van der Waals surface area contributed by atoms with Crippen molar-refractivity contribution >= 4 is 5.97 Å². The van der Waals surface area contributed by atoms with Gasteiger partial charge in [0.1, 0.15) is 6.10 Å². The van der Waals surface area contributed by atoms with E-state index in [2.05, 4.69) is 5.32 Å². The molecule has 3 N–H and O–H groups in total. The second-order valence-electron chi connectivity index (χ2n) is 5.68. The summed E-state index contributed by atoms with van der Waals surface area (Å²) in [7, 11) is 1.46. The average molecular weight is 278 g/mol. The number of nitrogens with two attached hydrogens (primary N) is 1. The van der Waals surface area contributed by atoms with E-state index in [1.807, 2.05) is 0 Å². The van der Waals surface area contributed by atoms with Crippen molar-refractivity contribution in [2.75, 3.05) is 7.11 Å². The van der Waals surface area contributed by atoms with Crippen LogP contribution in [0.15, 0.2) is 18.2 Å². The molecule has 2 saturated heterocycles. The Hall–Kier alpha value is -1.75. The molecule has 2 atom stereocenters. The van der Waals surface area contributed by atoms with E-state index in [1.54, 1.807) is 6.07 Å². The van der Waals surface area contributed by atoms with Crippen LogP contribution in [0.1, 0.15) is 36.0 Å². The monoisotopic (exact) mass is 278 g/mol. The van der Waals surface area contributed by atoms with Gasteiger partial charge in [-0.25, -0.2) is 4.79 Å². The third kappa shape index (κ3) is 2.58. The third-order valence-electron chi connectivity index (χ3n) is 4.27. The first-order valence-electron chi connectivity index (χ1n) is 7.08. The van der Waals surface area contributed by atoms with Gasteiger partial charge in [-0.05, 0) is 18.2 Å². The first-order chi connectivity index (χ1) is 9.65. The Labute approximate surface area is 117 Å². The maximum absolute atomic E-state index is 12.2. The average Bonchev–Trinajstić information content (AvgIpc) is 2.78. The molecule has 0 aliphatic carbocycles. The molecule has 0 saturated carbocycles. The Balaban J connectivity index is 1.67. The van der Waals surface area contributed by atoms with E-state index in [0.29, 0.717) is 17.6 Å². The van der Waals surface area contributed by atoms with Gasteiger partial charge in [0.05, 0.1) is 24.8 Å². The number of rotatable bonds is 3. The summed E-state index contributed by atoms with van der Waals surface area (Å²) in [6.45, 7) is 0. The predicted octanol–water partition coefficient (Wildman–Crippen LogP) is 0.814. The largest absolute Gasteiger partial charge is 0.504 e. The molecular weight excluding hydrogens is 258 g/mol. The summed E-state index contributed by atoms with van der Waals surface area (Å²) in [6, 6.07) is 5.75. The Morgan fingerprint density at radius 1 is 1.30 bits per heavy atom. The van der Waals surface area contributed by atoms with Crippen LogP contribution < -0.4 is 10.1 Å². The molecule has 2 aliphatic rings. The summed E-state index contributed by atoms with van der Waals surface area (Å²) in [5, 5.41) is 11.9. The highest BCUT2D eigenvalue weighted by atomic mass is 16.5. The summed E-state index contributed by atoms with van der Waals surface area (Å²) in [4.78, 5) is 12.2. The van der Waals surface area contributed by atoms with Gasteiger partial charge in [0, 0.05) is 25.7 Å². The summed E-state index contributed by atoms with van der Waals surface area (Å²) < 4.78 is 10.6. The number of carbonyl (C=O) groups excluding carboxylic acids is 1. The van der Waals surface area contributed by atoms with E-state index in [0.717, 1.165) is 12.8 Å². The zero-order valence-corrected chi connectivity index (χ0v) is 11.5. The van der Waals surface area contributed by atoms with Crippen LogP contribution >= 0.6 is 0 Å². The number of benzene rings is 1. The highest BCUT2D eigenvalue weighted by molar-refractivity contribution is 5.90. The number of ether oxygens (including phenoxy) is 2. The zero-order valence-electron chi connectivity index (χ0n) is 11.5. The topological polar surface area (TPSA) is 72.4 Å². The molecule has 0 spiro atoms. The number of aromatic hydroxyl groups is 1. The van der Waals surface area contributed by atoms with Crippen molar-refractivity contribution in [1.82, 2.24) is 0 Å². The van der Waals surface area contributed by atoms with Crippen molar-refractivity contribution < 1.29 is 24.7 Å². The van der Waals surface area contributed by atoms with Crippen LogP contribution in [0, 0.1) is 0 Å². The molecule has 108 valence electrons. The lowest BCUT2D eigenvalue weighted by atomic mass is 10.0. The van der Waals surface area contributed by atoms with Crippen LogP contribution in [0.5, 0.6) is 11.5 Å². The van der Waals surface area contributed by atoms with E-state index in [9.17, 15) is 9.90 Å². The van der Waals surface area contributed by atoms with Crippen LogP contribution in [0.4, 0.5) is 0 Å². The maximum Gasteiger partial charge on any atom is 0.338 e. The molecule has 2 fully saturated rings. The summed E-state index contributed by atoms with van der Waals surface area (Å²) in [5.41, 5.74) is 0.418. The maximum atomic E-state index is 12.2. The van der Waals surface area contributed by atoms with Crippen LogP contribution in [-0.4, -0.2) is 36.4 Å². The molecule has 2 aliphatic heterocycles. The predicted molar refractivity (Wildman–Crippen MR) is 71.8 cm³/mol. The van der Waals surface area contributed by atoms with Gasteiger partial charge in [-0.2, -0.15) is 0 Å². The number of hydrogen-bond acceptors (Lipinski definition) is 4. The molecule has 5 heteroatoms. The molecule has 5 nitrogen and oxygen atoms in total. The number of fused-ring (bicyclic) bond motifs is 2. The first kappa shape index (κ1) is 13.2. The lowest BCUT2D eigenvalue weighted by Crippen LogP contribution is -2.93. The van der Waals surface area contributed by atoms with Crippen molar-refractivity contribution in [2.24, 2.45) is 0 Å². The van der Waals surface area contributed by atoms with E-state index in [1.165, 1.54) is 32.1 Å². The molecule has 1 aromatic carbocycles. The molecule has 3 rings (SSSR count). The minimum absolute atomic E-state index is 0.0183. The quantitative estimate of drug-likeness (QED) is 0.803. The van der Waals surface area contributed by atoms with Crippen LogP contribution in [0.3, 0.4) is 0 Å². The number of esters is 1. The smallest absolute Gasteiger partial charge is 0.338 e. The summed E-state index contributed by atoms with van der Waals surface area (Å²) in [6.07, 6.45) is 4.36. The molecule has 2 heterocycles. The van der Waals surface area contributed by atoms with E-state index < -0.39 is 0 Å². The molecule has 1 aromatic rings.